The fraction of sp³-hybridized carbons (Fsp3) is 0.417. The predicted octanol–water partition coefficient (Wildman–Crippen LogP) is 2.01. The molecule has 17 heavy (non-hydrogen) atoms. The van der Waals surface area contributed by atoms with E-state index in [9.17, 15) is 13.6 Å². The summed E-state index contributed by atoms with van der Waals surface area (Å²) < 4.78 is 26.8. The van der Waals surface area contributed by atoms with E-state index in [1.165, 1.54) is 18.2 Å². The number of carbonyl (C=O) groups is 1. The molecule has 1 aromatic carbocycles. The van der Waals surface area contributed by atoms with Gasteiger partial charge in [0.15, 0.2) is 0 Å². The molecule has 0 atom stereocenters. The number of carboxylic acid groups (broad SMARTS) is 1. The van der Waals surface area contributed by atoms with Crippen LogP contribution in [0, 0.1) is 11.6 Å². The molecule has 1 aliphatic rings. The first-order valence-corrected chi connectivity index (χ1v) is 5.46. The maximum Gasteiger partial charge on any atom is 0.317 e. The van der Waals surface area contributed by atoms with Crippen molar-refractivity contribution in [3.8, 4) is 0 Å². The Labute approximate surface area is 97.7 Å². The van der Waals surface area contributed by atoms with Crippen LogP contribution >= 0.6 is 0 Å². The van der Waals surface area contributed by atoms with Gasteiger partial charge in [0.05, 0.1) is 6.54 Å². The van der Waals surface area contributed by atoms with Crippen LogP contribution in [-0.4, -0.2) is 28.6 Å². The van der Waals surface area contributed by atoms with E-state index >= 15 is 0 Å². The lowest BCUT2D eigenvalue weighted by molar-refractivity contribution is -0.138. The third-order valence-electron chi connectivity index (χ3n) is 2.82. The van der Waals surface area contributed by atoms with Crippen LogP contribution < -0.4 is 0 Å². The molecule has 1 aromatic rings. The summed E-state index contributed by atoms with van der Waals surface area (Å²) in [6.45, 7) is -0.173. The van der Waals surface area contributed by atoms with Crippen molar-refractivity contribution < 1.29 is 18.7 Å². The quantitative estimate of drug-likeness (QED) is 0.857. The number of carboxylic acids is 1. The van der Waals surface area contributed by atoms with E-state index in [4.69, 9.17) is 5.11 Å². The maximum atomic E-state index is 13.4. The minimum Gasteiger partial charge on any atom is -0.480 e. The number of halogens is 2. The predicted molar refractivity (Wildman–Crippen MR) is 57.4 cm³/mol. The van der Waals surface area contributed by atoms with Crippen LogP contribution in [0.25, 0.3) is 0 Å². The first-order chi connectivity index (χ1) is 8.08. The molecule has 2 rings (SSSR count). The van der Waals surface area contributed by atoms with E-state index in [0.717, 1.165) is 12.8 Å². The van der Waals surface area contributed by atoms with Gasteiger partial charge < -0.3 is 5.11 Å². The van der Waals surface area contributed by atoms with Gasteiger partial charge >= 0.3 is 5.97 Å². The van der Waals surface area contributed by atoms with Crippen molar-refractivity contribution in [1.82, 2.24) is 4.90 Å². The molecule has 0 heterocycles. The molecule has 0 aromatic heterocycles. The molecule has 1 aliphatic carbocycles. The Morgan fingerprint density at radius 1 is 1.35 bits per heavy atom. The molecular weight excluding hydrogens is 228 g/mol. The van der Waals surface area contributed by atoms with Crippen molar-refractivity contribution >= 4 is 5.97 Å². The Morgan fingerprint density at radius 3 is 2.41 bits per heavy atom. The zero-order chi connectivity index (χ0) is 12.4. The van der Waals surface area contributed by atoms with Crippen molar-refractivity contribution in [2.24, 2.45) is 0 Å². The highest BCUT2D eigenvalue weighted by molar-refractivity contribution is 5.69. The molecule has 0 bridgehead atoms. The summed E-state index contributed by atoms with van der Waals surface area (Å²) in [5.41, 5.74) is -0.0550. The highest BCUT2D eigenvalue weighted by atomic mass is 19.1. The van der Waals surface area contributed by atoms with Gasteiger partial charge in [-0.15, -0.1) is 0 Å². The lowest BCUT2D eigenvalue weighted by Gasteiger charge is -2.20. The van der Waals surface area contributed by atoms with Crippen LogP contribution in [0.15, 0.2) is 18.2 Å². The molecule has 3 nitrogen and oxygen atoms in total. The summed E-state index contributed by atoms with van der Waals surface area (Å²) in [6.07, 6.45) is 1.78. The third-order valence-corrected chi connectivity index (χ3v) is 2.82. The number of hydrogen-bond donors (Lipinski definition) is 1. The van der Waals surface area contributed by atoms with Gasteiger partial charge in [0, 0.05) is 18.2 Å². The summed E-state index contributed by atoms with van der Waals surface area (Å²) in [6, 6.07) is 3.81. The van der Waals surface area contributed by atoms with Crippen LogP contribution in [0.3, 0.4) is 0 Å². The van der Waals surface area contributed by atoms with Gasteiger partial charge in [-0.2, -0.15) is 0 Å². The number of benzene rings is 1. The second kappa shape index (κ2) is 4.79. The number of aliphatic carboxylic acids is 1. The number of nitrogens with zero attached hydrogens (tertiary/aromatic N) is 1. The van der Waals surface area contributed by atoms with Crippen LogP contribution in [0.5, 0.6) is 0 Å². The first-order valence-electron chi connectivity index (χ1n) is 5.46. The van der Waals surface area contributed by atoms with Crippen molar-refractivity contribution in [3.63, 3.8) is 0 Å². The van der Waals surface area contributed by atoms with Crippen molar-refractivity contribution in [1.29, 1.82) is 0 Å². The Morgan fingerprint density at radius 2 is 1.94 bits per heavy atom. The van der Waals surface area contributed by atoms with Gasteiger partial charge in [-0.1, -0.05) is 6.07 Å². The highest BCUT2D eigenvalue weighted by Gasteiger charge is 2.31. The van der Waals surface area contributed by atoms with E-state index in [1.54, 1.807) is 4.90 Å². The van der Waals surface area contributed by atoms with Crippen molar-refractivity contribution in [2.75, 3.05) is 6.54 Å². The topological polar surface area (TPSA) is 40.5 Å². The molecule has 0 aliphatic heterocycles. The second-order valence-corrected chi connectivity index (χ2v) is 4.23. The van der Waals surface area contributed by atoms with Crippen LogP contribution in [0.4, 0.5) is 8.78 Å². The molecule has 92 valence electrons. The number of hydrogen-bond acceptors (Lipinski definition) is 2. The summed E-state index contributed by atoms with van der Waals surface area (Å²) in [5.74, 6) is -2.23. The second-order valence-electron chi connectivity index (χ2n) is 4.23. The minimum atomic E-state index is -0.978. The number of rotatable bonds is 5. The molecule has 1 N–H and O–H groups in total. The molecular formula is C12H13F2NO2. The van der Waals surface area contributed by atoms with Gasteiger partial charge in [-0.25, -0.2) is 8.78 Å². The van der Waals surface area contributed by atoms with Crippen molar-refractivity contribution in [2.45, 2.75) is 25.4 Å². The summed E-state index contributed by atoms with van der Waals surface area (Å²) >= 11 is 0. The fourth-order valence-electron chi connectivity index (χ4n) is 1.81. The van der Waals surface area contributed by atoms with Crippen LogP contribution in [0.1, 0.15) is 18.4 Å². The Bertz CT molecular complexity index is 412. The molecule has 0 amide bonds. The fourth-order valence-corrected chi connectivity index (χ4v) is 1.81. The van der Waals surface area contributed by atoms with E-state index < -0.39 is 17.6 Å². The van der Waals surface area contributed by atoms with E-state index in [0.29, 0.717) is 0 Å². The normalized spacial score (nSPS) is 15.2. The monoisotopic (exact) mass is 241 g/mol. The molecule has 1 saturated carbocycles. The highest BCUT2D eigenvalue weighted by Crippen LogP contribution is 2.29. The molecule has 1 fully saturated rings. The maximum absolute atomic E-state index is 13.4. The standard InChI is InChI=1S/C12H13F2NO2/c13-10-2-1-3-11(14)9(10)6-15(7-12(16)17)8-4-5-8/h1-3,8H,4-7H2,(H,16,17). The summed E-state index contributed by atoms with van der Waals surface area (Å²) in [4.78, 5) is 12.3. The Kier molecular flexibility index (Phi) is 3.38. The molecule has 0 spiro atoms. The lowest BCUT2D eigenvalue weighted by Crippen LogP contribution is -2.32. The SMILES string of the molecule is O=C(O)CN(Cc1c(F)cccc1F)C1CC1. The van der Waals surface area contributed by atoms with E-state index in [1.807, 2.05) is 0 Å². The van der Waals surface area contributed by atoms with Gasteiger partial charge in [0.2, 0.25) is 0 Å². The molecule has 0 saturated heterocycles. The van der Waals surface area contributed by atoms with Gasteiger partial charge in [0.1, 0.15) is 11.6 Å². The first kappa shape index (κ1) is 12.0. The average Bonchev–Trinajstić information content (AvgIpc) is 3.05. The molecule has 5 heteroatoms. The van der Waals surface area contributed by atoms with Gasteiger partial charge in [-0.3, -0.25) is 9.69 Å². The third kappa shape index (κ3) is 3.00. The minimum absolute atomic E-state index is 0.00940. The summed E-state index contributed by atoms with van der Waals surface area (Å²) in [7, 11) is 0. The van der Waals surface area contributed by atoms with Crippen molar-refractivity contribution in [3.05, 3.63) is 35.4 Å². The summed E-state index contributed by atoms with van der Waals surface area (Å²) in [5, 5.41) is 8.75. The van der Waals surface area contributed by atoms with E-state index in [2.05, 4.69) is 0 Å². The average molecular weight is 241 g/mol. The zero-order valence-corrected chi connectivity index (χ0v) is 9.20. The Balaban J connectivity index is 2.14. The van der Waals surface area contributed by atoms with Gasteiger partial charge in [-0.05, 0) is 25.0 Å². The van der Waals surface area contributed by atoms with Gasteiger partial charge in [0.25, 0.3) is 0 Å². The molecule has 0 radical (unpaired) electrons. The molecule has 0 unspecified atom stereocenters. The van der Waals surface area contributed by atoms with Crippen LogP contribution in [0.2, 0.25) is 0 Å². The van der Waals surface area contributed by atoms with E-state index in [-0.39, 0.29) is 24.7 Å². The van der Waals surface area contributed by atoms with Crippen LogP contribution in [-0.2, 0) is 11.3 Å². The smallest absolute Gasteiger partial charge is 0.317 e. The largest absolute Gasteiger partial charge is 0.480 e. The lowest BCUT2D eigenvalue weighted by atomic mass is 10.2. The zero-order valence-electron chi connectivity index (χ0n) is 9.20. The Hall–Kier alpha value is -1.49.